The van der Waals surface area contributed by atoms with Crippen molar-refractivity contribution in [3.05, 3.63) is 59.4 Å². The van der Waals surface area contributed by atoms with Gasteiger partial charge in [0.25, 0.3) is 0 Å². The van der Waals surface area contributed by atoms with Crippen LogP contribution in [-0.4, -0.2) is 21.8 Å². The van der Waals surface area contributed by atoms with Gasteiger partial charge in [0, 0.05) is 23.6 Å². The topological polar surface area (TPSA) is 93.3 Å². The molecule has 0 aliphatic heterocycles. The van der Waals surface area contributed by atoms with Gasteiger partial charge in [-0.3, -0.25) is 9.78 Å². The van der Waals surface area contributed by atoms with Gasteiger partial charge in [0.2, 0.25) is 0 Å². The van der Waals surface area contributed by atoms with Gasteiger partial charge >= 0.3 is 5.97 Å². The lowest BCUT2D eigenvalue weighted by atomic mass is 9.97. The Morgan fingerprint density at radius 3 is 2.56 bits per heavy atom. The quantitative estimate of drug-likeness (QED) is 0.629. The molecule has 90 valence electrons. The van der Waals surface area contributed by atoms with Gasteiger partial charge in [-0.1, -0.05) is 6.07 Å². The average Bonchev–Trinajstić information content (AvgIpc) is 2.38. The lowest BCUT2D eigenvalue weighted by molar-refractivity contribution is 0.0693. The molecule has 2 aromatic rings. The summed E-state index contributed by atoms with van der Waals surface area (Å²) in [6, 6.07) is 7.51. The molecular weight excluding hydrogens is 232 g/mol. The maximum absolute atomic E-state index is 12.2. The number of carbonyl (C=O) groups excluding carboxylic acids is 1. The van der Waals surface area contributed by atoms with E-state index in [0.29, 0.717) is 5.56 Å². The van der Waals surface area contributed by atoms with Gasteiger partial charge < -0.3 is 10.8 Å². The Labute approximate surface area is 103 Å². The standard InChI is InChI=1S/C13H10N2O3/c14-10-5-1-4-9(13(17)18)11(10)12(16)8-3-2-6-15-7-8/h1-7H,14H2,(H,17,18). The summed E-state index contributed by atoms with van der Waals surface area (Å²) in [6.45, 7) is 0. The predicted octanol–water partition coefficient (Wildman–Crippen LogP) is 1.59. The first-order chi connectivity index (χ1) is 8.61. The number of carboxylic acid groups (broad SMARTS) is 1. The van der Waals surface area contributed by atoms with E-state index in [4.69, 9.17) is 10.8 Å². The van der Waals surface area contributed by atoms with Gasteiger partial charge in [0.15, 0.2) is 5.78 Å². The van der Waals surface area contributed by atoms with Crippen LogP contribution in [0.4, 0.5) is 5.69 Å². The Morgan fingerprint density at radius 2 is 1.94 bits per heavy atom. The number of aromatic carboxylic acids is 1. The fourth-order valence-electron chi connectivity index (χ4n) is 1.64. The Morgan fingerprint density at radius 1 is 1.17 bits per heavy atom. The zero-order valence-corrected chi connectivity index (χ0v) is 9.33. The van der Waals surface area contributed by atoms with E-state index in [9.17, 15) is 9.59 Å². The third-order valence-corrected chi connectivity index (χ3v) is 2.48. The number of carboxylic acids is 1. The third kappa shape index (κ3) is 2.06. The van der Waals surface area contributed by atoms with Crippen LogP contribution in [0.1, 0.15) is 26.3 Å². The molecule has 3 N–H and O–H groups in total. The van der Waals surface area contributed by atoms with Gasteiger partial charge in [0.1, 0.15) is 0 Å². The first-order valence-electron chi connectivity index (χ1n) is 5.17. The first-order valence-corrected chi connectivity index (χ1v) is 5.17. The van der Waals surface area contributed by atoms with E-state index in [1.807, 2.05) is 0 Å². The molecule has 0 aliphatic rings. The van der Waals surface area contributed by atoms with Crippen LogP contribution in [-0.2, 0) is 0 Å². The number of hydrogen-bond acceptors (Lipinski definition) is 4. The summed E-state index contributed by atoms with van der Waals surface area (Å²) in [6.07, 6.45) is 2.91. The molecule has 1 heterocycles. The highest BCUT2D eigenvalue weighted by Gasteiger charge is 2.20. The molecular formula is C13H10N2O3. The van der Waals surface area contributed by atoms with Crippen molar-refractivity contribution in [2.75, 3.05) is 5.73 Å². The average molecular weight is 242 g/mol. The summed E-state index contributed by atoms with van der Waals surface area (Å²) in [7, 11) is 0. The monoisotopic (exact) mass is 242 g/mol. The zero-order chi connectivity index (χ0) is 13.1. The highest BCUT2D eigenvalue weighted by molar-refractivity contribution is 6.17. The number of hydrogen-bond donors (Lipinski definition) is 2. The highest BCUT2D eigenvalue weighted by Crippen LogP contribution is 2.20. The van der Waals surface area contributed by atoms with E-state index in [1.165, 1.54) is 30.6 Å². The molecule has 0 saturated heterocycles. The summed E-state index contributed by atoms with van der Waals surface area (Å²) >= 11 is 0. The summed E-state index contributed by atoms with van der Waals surface area (Å²) in [5.74, 6) is -1.63. The van der Waals surface area contributed by atoms with Crippen molar-refractivity contribution in [3.63, 3.8) is 0 Å². The summed E-state index contributed by atoms with van der Waals surface area (Å²) in [5, 5.41) is 9.06. The van der Waals surface area contributed by atoms with E-state index < -0.39 is 11.8 Å². The van der Waals surface area contributed by atoms with Crippen LogP contribution in [0, 0.1) is 0 Å². The molecule has 0 radical (unpaired) electrons. The van der Waals surface area contributed by atoms with E-state index >= 15 is 0 Å². The first kappa shape index (κ1) is 11.8. The van der Waals surface area contributed by atoms with Crippen molar-refractivity contribution < 1.29 is 14.7 Å². The number of nitrogens with two attached hydrogens (primary N) is 1. The lowest BCUT2D eigenvalue weighted by Gasteiger charge is -2.08. The van der Waals surface area contributed by atoms with E-state index in [0.717, 1.165) is 0 Å². The Bertz CT molecular complexity index is 609. The van der Waals surface area contributed by atoms with Gasteiger partial charge in [-0.2, -0.15) is 0 Å². The fourth-order valence-corrected chi connectivity index (χ4v) is 1.64. The summed E-state index contributed by atoms with van der Waals surface area (Å²) < 4.78 is 0. The summed E-state index contributed by atoms with van der Waals surface area (Å²) in [4.78, 5) is 27.1. The minimum absolute atomic E-state index is 0.00185. The smallest absolute Gasteiger partial charge is 0.336 e. The van der Waals surface area contributed by atoms with Crippen molar-refractivity contribution in [1.82, 2.24) is 4.98 Å². The number of aromatic nitrogens is 1. The Kier molecular flexibility index (Phi) is 3.05. The molecule has 0 atom stereocenters. The van der Waals surface area contributed by atoms with Crippen molar-refractivity contribution in [1.29, 1.82) is 0 Å². The van der Waals surface area contributed by atoms with E-state index in [-0.39, 0.29) is 16.8 Å². The fraction of sp³-hybridized carbons (Fsp3) is 0. The molecule has 0 saturated carbocycles. The number of anilines is 1. The van der Waals surface area contributed by atoms with Crippen LogP contribution in [0.5, 0.6) is 0 Å². The predicted molar refractivity (Wildman–Crippen MR) is 65.5 cm³/mol. The second-order valence-electron chi connectivity index (χ2n) is 3.65. The third-order valence-electron chi connectivity index (χ3n) is 2.48. The largest absolute Gasteiger partial charge is 0.478 e. The molecule has 1 aromatic heterocycles. The zero-order valence-electron chi connectivity index (χ0n) is 9.33. The van der Waals surface area contributed by atoms with Crippen LogP contribution < -0.4 is 5.73 Å². The molecule has 0 spiro atoms. The molecule has 5 nitrogen and oxygen atoms in total. The van der Waals surface area contributed by atoms with Gasteiger partial charge in [-0.05, 0) is 24.3 Å². The minimum atomic E-state index is -1.19. The van der Waals surface area contributed by atoms with E-state index in [2.05, 4.69) is 4.98 Å². The molecule has 0 unspecified atom stereocenters. The maximum Gasteiger partial charge on any atom is 0.336 e. The maximum atomic E-state index is 12.2. The number of benzene rings is 1. The molecule has 0 bridgehead atoms. The molecule has 0 amide bonds. The van der Waals surface area contributed by atoms with Crippen LogP contribution in [0.25, 0.3) is 0 Å². The van der Waals surface area contributed by atoms with Gasteiger partial charge in [0.05, 0.1) is 11.1 Å². The Balaban J connectivity index is 2.58. The van der Waals surface area contributed by atoms with Crippen LogP contribution in [0.2, 0.25) is 0 Å². The van der Waals surface area contributed by atoms with Crippen molar-refractivity contribution in [2.45, 2.75) is 0 Å². The SMILES string of the molecule is Nc1cccc(C(=O)O)c1C(=O)c1cccnc1. The van der Waals surface area contributed by atoms with Crippen molar-refractivity contribution in [3.8, 4) is 0 Å². The second kappa shape index (κ2) is 4.67. The van der Waals surface area contributed by atoms with Gasteiger partial charge in [-0.25, -0.2) is 4.79 Å². The molecule has 0 fully saturated rings. The van der Waals surface area contributed by atoms with Crippen LogP contribution in [0.3, 0.4) is 0 Å². The summed E-state index contributed by atoms with van der Waals surface area (Å²) in [5.41, 5.74) is 6.03. The lowest BCUT2D eigenvalue weighted by Crippen LogP contribution is -2.12. The van der Waals surface area contributed by atoms with Crippen LogP contribution >= 0.6 is 0 Å². The minimum Gasteiger partial charge on any atom is -0.478 e. The molecule has 1 aromatic carbocycles. The second-order valence-corrected chi connectivity index (χ2v) is 3.65. The number of ketones is 1. The number of nitrogen functional groups attached to an aromatic ring is 1. The number of pyridine rings is 1. The molecule has 2 rings (SSSR count). The van der Waals surface area contributed by atoms with Crippen LogP contribution in [0.15, 0.2) is 42.7 Å². The molecule has 5 heteroatoms. The van der Waals surface area contributed by atoms with Crippen molar-refractivity contribution in [2.24, 2.45) is 0 Å². The van der Waals surface area contributed by atoms with Gasteiger partial charge in [-0.15, -0.1) is 0 Å². The van der Waals surface area contributed by atoms with E-state index in [1.54, 1.807) is 12.1 Å². The number of carbonyl (C=O) groups is 2. The number of nitrogens with zero attached hydrogens (tertiary/aromatic N) is 1. The number of rotatable bonds is 3. The Hall–Kier alpha value is -2.69. The molecule has 18 heavy (non-hydrogen) atoms. The normalized spacial score (nSPS) is 10.0. The molecule has 0 aliphatic carbocycles. The van der Waals surface area contributed by atoms with Crippen molar-refractivity contribution >= 4 is 17.4 Å². The highest BCUT2D eigenvalue weighted by atomic mass is 16.4.